The van der Waals surface area contributed by atoms with Crippen LogP contribution in [0.3, 0.4) is 0 Å². The molecule has 0 rings (SSSR count). The highest BCUT2D eigenvalue weighted by atomic mass is 16.4. The van der Waals surface area contributed by atoms with Crippen LogP contribution >= 0.6 is 0 Å². The van der Waals surface area contributed by atoms with Crippen LogP contribution in [0.15, 0.2) is 12.3 Å². The number of rotatable bonds is 6. The van der Waals surface area contributed by atoms with Gasteiger partial charge in [-0.25, -0.2) is 4.79 Å². The van der Waals surface area contributed by atoms with E-state index in [-0.39, 0.29) is 18.2 Å². The van der Waals surface area contributed by atoms with Crippen LogP contribution < -0.4 is 11.1 Å². The molecule has 5 heteroatoms. The van der Waals surface area contributed by atoms with Gasteiger partial charge in [0.1, 0.15) is 6.04 Å². The smallest absolute Gasteiger partial charge is 0.326 e. The zero-order valence-corrected chi connectivity index (χ0v) is 11.8. The van der Waals surface area contributed by atoms with E-state index >= 15 is 0 Å². The second kappa shape index (κ2) is 10.6. The van der Waals surface area contributed by atoms with Gasteiger partial charge in [-0.2, -0.15) is 0 Å². The predicted octanol–water partition coefficient (Wildman–Crippen LogP) is 1.88. The number of carboxylic acid groups (broad SMARTS) is 1. The molecule has 4 N–H and O–H groups in total. The lowest BCUT2D eigenvalue weighted by Crippen LogP contribution is -2.42. The van der Waals surface area contributed by atoms with E-state index < -0.39 is 12.0 Å². The molecule has 0 unspecified atom stereocenters. The molecule has 106 valence electrons. The van der Waals surface area contributed by atoms with Crippen molar-refractivity contribution >= 4 is 11.9 Å². The molecule has 0 fully saturated rings. The van der Waals surface area contributed by atoms with Gasteiger partial charge in [-0.05, 0) is 12.8 Å². The summed E-state index contributed by atoms with van der Waals surface area (Å²) in [5, 5.41) is 11.3. The minimum atomic E-state index is -1.05. The van der Waals surface area contributed by atoms with Crippen LogP contribution in [-0.2, 0) is 9.59 Å². The van der Waals surface area contributed by atoms with Crippen molar-refractivity contribution in [2.45, 2.75) is 53.0 Å². The number of carbonyl (C=O) groups excluding carboxylic acids is 1. The van der Waals surface area contributed by atoms with E-state index in [9.17, 15) is 9.59 Å². The Morgan fingerprint density at radius 3 is 2.06 bits per heavy atom. The second-order valence-corrected chi connectivity index (χ2v) is 4.46. The van der Waals surface area contributed by atoms with Gasteiger partial charge < -0.3 is 16.2 Å². The lowest BCUT2D eigenvalue weighted by atomic mass is 10.1. The Hall–Kier alpha value is -1.52. The molecule has 0 aromatic carbocycles. The molecule has 0 aromatic rings. The molecule has 5 nitrogen and oxygen atoms in total. The molecule has 0 aliphatic heterocycles. The standard InChI is InChI=1S/C10H18N2O3.C3H8/c1-6(2)9(13)12-8(10(14)15)5-4-7(3)11;1-3-2/h6,8H,3-5,11H2,1-2H3,(H,12,13)(H,14,15);3H2,1-2H3/t8-;/m0./s1. The molecule has 0 radical (unpaired) electrons. The molecule has 0 saturated heterocycles. The summed E-state index contributed by atoms with van der Waals surface area (Å²) in [6, 6.07) is -0.889. The summed E-state index contributed by atoms with van der Waals surface area (Å²) in [6.07, 6.45) is 1.90. The van der Waals surface area contributed by atoms with Gasteiger partial charge >= 0.3 is 5.97 Å². The van der Waals surface area contributed by atoms with Crippen molar-refractivity contribution in [1.82, 2.24) is 5.32 Å². The summed E-state index contributed by atoms with van der Waals surface area (Å²) in [5.41, 5.74) is 5.75. The maximum atomic E-state index is 11.3. The van der Waals surface area contributed by atoms with Crippen molar-refractivity contribution < 1.29 is 14.7 Å². The number of nitrogens with two attached hydrogens (primary N) is 1. The number of hydrogen-bond acceptors (Lipinski definition) is 3. The van der Waals surface area contributed by atoms with Crippen molar-refractivity contribution in [2.75, 3.05) is 0 Å². The molecule has 0 aliphatic carbocycles. The Morgan fingerprint density at radius 1 is 1.33 bits per heavy atom. The third kappa shape index (κ3) is 11.0. The molecule has 0 bridgehead atoms. The van der Waals surface area contributed by atoms with Crippen molar-refractivity contribution in [3.63, 3.8) is 0 Å². The van der Waals surface area contributed by atoms with Crippen LogP contribution in [0.2, 0.25) is 0 Å². The summed E-state index contributed by atoms with van der Waals surface area (Å²) in [5.74, 6) is -1.55. The van der Waals surface area contributed by atoms with Gasteiger partial charge in [0.15, 0.2) is 0 Å². The molecule has 18 heavy (non-hydrogen) atoms. The third-order valence-corrected chi connectivity index (χ3v) is 1.89. The number of aliphatic carboxylic acids is 1. The minimum absolute atomic E-state index is 0.229. The maximum absolute atomic E-state index is 11.3. The van der Waals surface area contributed by atoms with Crippen LogP contribution in [0.25, 0.3) is 0 Å². The van der Waals surface area contributed by atoms with Crippen LogP contribution in [0.5, 0.6) is 0 Å². The quantitative estimate of drug-likeness (QED) is 0.678. The Kier molecular flexibility index (Phi) is 11.1. The van der Waals surface area contributed by atoms with E-state index in [0.717, 1.165) is 0 Å². The number of carboxylic acids is 1. The van der Waals surface area contributed by atoms with Crippen LogP contribution in [0, 0.1) is 5.92 Å². The van der Waals surface area contributed by atoms with Gasteiger partial charge in [-0.15, -0.1) is 0 Å². The Balaban J connectivity index is 0. The first kappa shape index (κ1) is 18.8. The van der Waals surface area contributed by atoms with Crippen molar-refractivity contribution in [2.24, 2.45) is 11.7 Å². The summed E-state index contributed by atoms with van der Waals surface area (Å²) in [4.78, 5) is 22.1. The number of carbonyl (C=O) groups is 2. The average Bonchev–Trinajstić information content (AvgIpc) is 2.23. The molecular formula is C13H26N2O3. The van der Waals surface area contributed by atoms with E-state index in [1.54, 1.807) is 13.8 Å². The van der Waals surface area contributed by atoms with Crippen LogP contribution in [0.4, 0.5) is 0 Å². The largest absolute Gasteiger partial charge is 0.480 e. The molecule has 0 saturated carbocycles. The van der Waals surface area contributed by atoms with Crippen molar-refractivity contribution in [3.8, 4) is 0 Å². The van der Waals surface area contributed by atoms with Crippen molar-refractivity contribution in [1.29, 1.82) is 0 Å². The SMILES string of the molecule is C=C(N)CC[C@H](NC(=O)C(C)C)C(=O)O.CCC. The summed E-state index contributed by atoms with van der Waals surface area (Å²) in [7, 11) is 0. The average molecular weight is 258 g/mol. The topological polar surface area (TPSA) is 92.4 Å². The van der Waals surface area contributed by atoms with Gasteiger partial charge in [0.25, 0.3) is 0 Å². The molecule has 0 heterocycles. The van der Waals surface area contributed by atoms with Gasteiger partial charge in [0, 0.05) is 11.6 Å². The fraction of sp³-hybridized carbons (Fsp3) is 0.692. The van der Waals surface area contributed by atoms with E-state index in [1.807, 2.05) is 0 Å². The minimum Gasteiger partial charge on any atom is -0.480 e. The third-order valence-electron chi connectivity index (χ3n) is 1.89. The van der Waals surface area contributed by atoms with E-state index in [0.29, 0.717) is 12.1 Å². The van der Waals surface area contributed by atoms with E-state index in [1.165, 1.54) is 6.42 Å². The lowest BCUT2D eigenvalue weighted by molar-refractivity contribution is -0.142. The summed E-state index contributed by atoms with van der Waals surface area (Å²) in [6.45, 7) is 11.1. The molecule has 0 spiro atoms. The highest BCUT2D eigenvalue weighted by Gasteiger charge is 2.20. The first-order valence-electron chi connectivity index (χ1n) is 6.22. The highest BCUT2D eigenvalue weighted by Crippen LogP contribution is 2.03. The monoisotopic (exact) mass is 258 g/mol. The lowest BCUT2D eigenvalue weighted by Gasteiger charge is -2.15. The number of allylic oxidation sites excluding steroid dienone is 1. The summed E-state index contributed by atoms with van der Waals surface area (Å²) >= 11 is 0. The van der Waals surface area contributed by atoms with E-state index in [2.05, 4.69) is 25.7 Å². The second-order valence-electron chi connectivity index (χ2n) is 4.46. The highest BCUT2D eigenvalue weighted by molar-refractivity contribution is 5.84. The van der Waals surface area contributed by atoms with Gasteiger partial charge in [0.05, 0.1) is 0 Å². The first-order valence-corrected chi connectivity index (χ1v) is 6.22. The summed E-state index contributed by atoms with van der Waals surface area (Å²) < 4.78 is 0. The zero-order valence-electron chi connectivity index (χ0n) is 11.8. The van der Waals surface area contributed by atoms with E-state index in [4.69, 9.17) is 10.8 Å². The number of hydrogen-bond donors (Lipinski definition) is 3. The van der Waals surface area contributed by atoms with Crippen molar-refractivity contribution in [3.05, 3.63) is 12.3 Å². The Morgan fingerprint density at radius 2 is 1.78 bits per heavy atom. The van der Waals surface area contributed by atoms with Gasteiger partial charge in [0.2, 0.25) is 5.91 Å². The first-order chi connectivity index (χ1) is 8.26. The molecular weight excluding hydrogens is 232 g/mol. The number of nitrogens with one attached hydrogen (secondary N) is 1. The molecule has 0 aromatic heterocycles. The maximum Gasteiger partial charge on any atom is 0.326 e. The zero-order chi connectivity index (χ0) is 14.7. The fourth-order valence-electron chi connectivity index (χ4n) is 0.926. The Bertz CT molecular complexity index is 275. The number of amides is 1. The molecule has 1 atom stereocenters. The predicted molar refractivity (Wildman–Crippen MR) is 72.9 cm³/mol. The van der Waals surface area contributed by atoms with Gasteiger partial charge in [-0.3, -0.25) is 4.79 Å². The molecule has 1 amide bonds. The fourth-order valence-corrected chi connectivity index (χ4v) is 0.926. The van der Waals surface area contributed by atoms with Crippen LogP contribution in [0.1, 0.15) is 47.0 Å². The molecule has 0 aliphatic rings. The normalized spacial score (nSPS) is 11.2. The van der Waals surface area contributed by atoms with Crippen LogP contribution in [-0.4, -0.2) is 23.0 Å². The Labute approximate surface area is 109 Å². The van der Waals surface area contributed by atoms with Gasteiger partial charge in [-0.1, -0.05) is 40.7 Å².